The van der Waals surface area contributed by atoms with E-state index in [1.54, 1.807) is 49.5 Å². The molecule has 2 aromatic rings. The number of carbonyl (C=O) groups excluding carboxylic acids is 2. The van der Waals surface area contributed by atoms with Gasteiger partial charge in [-0.15, -0.1) is 0 Å². The van der Waals surface area contributed by atoms with Crippen LogP contribution in [0.5, 0.6) is 11.5 Å². The number of likely N-dealkylation sites (tertiary alicyclic amines) is 1. The molecule has 8 heteroatoms. The smallest absolute Gasteiger partial charge is 0.254 e. The third-order valence-corrected chi connectivity index (χ3v) is 6.52. The quantitative estimate of drug-likeness (QED) is 0.566. The van der Waals surface area contributed by atoms with Crippen molar-refractivity contribution in [2.45, 2.75) is 26.3 Å². The number of nitrogens with zero attached hydrogens (tertiary/aromatic N) is 2. The van der Waals surface area contributed by atoms with Gasteiger partial charge in [0.05, 0.1) is 24.3 Å². The lowest BCUT2D eigenvalue weighted by Gasteiger charge is -2.34. The number of rotatable bonds is 7. The number of ether oxygens (including phenoxy) is 2. The number of hydrogen-bond acceptors (Lipinski definition) is 4. The van der Waals surface area contributed by atoms with Gasteiger partial charge in [0.25, 0.3) is 5.91 Å². The molecule has 0 atom stereocenters. The number of piperidine rings is 1. The normalized spacial score (nSPS) is 14.2. The van der Waals surface area contributed by atoms with Crippen LogP contribution in [0.4, 0.5) is 0 Å². The highest BCUT2D eigenvalue weighted by Crippen LogP contribution is 2.27. The summed E-state index contributed by atoms with van der Waals surface area (Å²) in [6, 6.07) is 10.6. The van der Waals surface area contributed by atoms with Crippen LogP contribution in [0.2, 0.25) is 10.0 Å². The molecule has 6 nitrogen and oxygen atoms in total. The largest absolute Gasteiger partial charge is 0.497 e. The highest BCUT2D eigenvalue weighted by Gasteiger charge is 2.30. The summed E-state index contributed by atoms with van der Waals surface area (Å²) < 4.78 is 10.5. The molecule has 0 saturated carbocycles. The molecule has 172 valence electrons. The Balaban J connectivity index is 1.62. The summed E-state index contributed by atoms with van der Waals surface area (Å²) in [5.41, 5.74) is 1.45. The predicted octanol–water partition coefficient (Wildman–Crippen LogP) is 4.91. The van der Waals surface area contributed by atoms with Crippen molar-refractivity contribution in [3.8, 4) is 11.5 Å². The van der Waals surface area contributed by atoms with Crippen molar-refractivity contribution in [3.05, 3.63) is 57.6 Å². The number of amides is 2. The molecule has 2 aromatic carbocycles. The molecule has 1 fully saturated rings. The molecule has 2 amide bonds. The molecule has 32 heavy (non-hydrogen) atoms. The van der Waals surface area contributed by atoms with E-state index in [9.17, 15) is 9.59 Å². The minimum Gasteiger partial charge on any atom is -0.497 e. The molecule has 0 radical (unpaired) electrons. The lowest BCUT2D eigenvalue weighted by Crippen LogP contribution is -2.44. The minimum atomic E-state index is -0.110. The van der Waals surface area contributed by atoms with E-state index in [0.717, 1.165) is 5.56 Å². The van der Waals surface area contributed by atoms with Gasteiger partial charge in [0.2, 0.25) is 5.91 Å². The summed E-state index contributed by atoms with van der Waals surface area (Å²) in [5.74, 6) is 1.05. The van der Waals surface area contributed by atoms with E-state index in [4.69, 9.17) is 32.7 Å². The monoisotopic (exact) mass is 478 g/mol. The Morgan fingerprint density at radius 3 is 2.16 bits per heavy atom. The van der Waals surface area contributed by atoms with Crippen LogP contribution in [0.15, 0.2) is 36.4 Å². The fraction of sp³-hybridized carbons (Fsp3) is 0.417. The molecule has 0 aromatic heterocycles. The van der Waals surface area contributed by atoms with E-state index in [0.29, 0.717) is 66.1 Å². The molecule has 1 aliphatic rings. The van der Waals surface area contributed by atoms with Gasteiger partial charge in [-0.05, 0) is 49.6 Å². The molecule has 0 N–H and O–H groups in total. The standard InChI is InChI=1S/C24H28Cl2N2O4/c1-4-27(15-16-5-6-21(25)22(26)11-16)23(29)17-7-9-28(10-8-17)24(30)18-12-19(31-2)14-20(13-18)32-3/h5-6,11-14,17H,4,7-10,15H2,1-3H3. The van der Waals surface area contributed by atoms with Crippen LogP contribution in [-0.2, 0) is 11.3 Å². The second kappa shape index (κ2) is 10.9. The molecule has 0 spiro atoms. The van der Waals surface area contributed by atoms with Crippen LogP contribution in [-0.4, -0.2) is 55.5 Å². The molecule has 1 saturated heterocycles. The van der Waals surface area contributed by atoms with E-state index >= 15 is 0 Å². The van der Waals surface area contributed by atoms with Gasteiger partial charge in [0, 0.05) is 43.7 Å². The van der Waals surface area contributed by atoms with E-state index in [2.05, 4.69) is 0 Å². The maximum atomic E-state index is 13.1. The lowest BCUT2D eigenvalue weighted by molar-refractivity contribution is -0.137. The van der Waals surface area contributed by atoms with Gasteiger partial charge in [0.1, 0.15) is 11.5 Å². The van der Waals surface area contributed by atoms with Gasteiger partial charge in [-0.2, -0.15) is 0 Å². The van der Waals surface area contributed by atoms with Crippen LogP contribution in [0.1, 0.15) is 35.7 Å². The van der Waals surface area contributed by atoms with Crippen LogP contribution >= 0.6 is 23.2 Å². The summed E-state index contributed by atoms with van der Waals surface area (Å²) in [6.07, 6.45) is 1.26. The van der Waals surface area contributed by atoms with Gasteiger partial charge in [-0.1, -0.05) is 29.3 Å². The molecule has 1 aliphatic heterocycles. The Hall–Kier alpha value is -2.44. The number of benzene rings is 2. The fourth-order valence-corrected chi connectivity index (χ4v) is 4.23. The maximum absolute atomic E-state index is 13.1. The minimum absolute atomic E-state index is 0.0868. The van der Waals surface area contributed by atoms with E-state index in [1.165, 1.54) is 0 Å². The zero-order chi connectivity index (χ0) is 23.3. The van der Waals surface area contributed by atoms with Gasteiger partial charge in [0.15, 0.2) is 0 Å². The first-order valence-corrected chi connectivity index (χ1v) is 11.4. The van der Waals surface area contributed by atoms with Crippen molar-refractivity contribution in [1.29, 1.82) is 0 Å². The molecule has 0 aliphatic carbocycles. The molecule has 0 unspecified atom stereocenters. The van der Waals surface area contributed by atoms with E-state index in [1.807, 2.05) is 17.9 Å². The topological polar surface area (TPSA) is 59.1 Å². The first kappa shape index (κ1) is 24.2. The van der Waals surface area contributed by atoms with Gasteiger partial charge < -0.3 is 19.3 Å². The van der Waals surface area contributed by atoms with Crippen molar-refractivity contribution >= 4 is 35.0 Å². The van der Waals surface area contributed by atoms with Crippen molar-refractivity contribution in [2.24, 2.45) is 5.92 Å². The molecule has 0 bridgehead atoms. The van der Waals surface area contributed by atoms with Gasteiger partial charge in [-0.3, -0.25) is 9.59 Å². The summed E-state index contributed by atoms with van der Waals surface area (Å²) in [6.45, 7) is 4.10. The number of methoxy groups -OCH3 is 2. The number of halogens is 2. The van der Waals surface area contributed by atoms with Crippen LogP contribution in [0.3, 0.4) is 0 Å². The summed E-state index contributed by atoms with van der Waals surface area (Å²) in [7, 11) is 3.11. The van der Waals surface area contributed by atoms with Crippen molar-refractivity contribution in [1.82, 2.24) is 9.80 Å². The Labute approximate surface area is 199 Å². The zero-order valence-corrected chi connectivity index (χ0v) is 20.1. The summed E-state index contributed by atoms with van der Waals surface area (Å²) in [4.78, 5) is 29.7. The van der Waals surface area contributed by atoms with Crippen molar-refractivity contribution in [2.75, 3.05) is 33.9 Å². The van der Waals surface area contributed by atoms with Gasteiger partial charge >= 0.3 is 0 Å². The maximum Gasteiger partial charge on any atom is 0.254 e. The predicted molar refractivity (Wildman–Crippen MR) is 126 cm³/mol. The second-order valence-electron chi connectivity index (χ2n) is 7.77. The molecule has 3 rings (SSSR count). The molecular formula is C24H28Cl2N2O4. The molecule has 1 heterocycles. The second-order valence-corrected chi connectivity index (χ2v) is 8.58. The highest BCUT2D eigenvalue weighted by atomic mass is 35.5. The lowest BCUT2D eigenvalue weighted by atomic mass is 9.94. The van der Waals surface area contributed by atoms with Crippen molar-refractivity contribution in [3.63, 3.8) is 0 Å². The van der Waals surface area contributed by atoms with Crippen LogP contribution in [0, 0.1) is 5.92 Å². The van der Waals surface area contributed by atoms with Crippen molar-refractivity contribution < 1.29 is 19.1 Å². The van der Waals surface area contributed by atoms with E-state index < -0.39 is 0 Å². The Bertz CT molecular complexity index is 952. The summed E-state index contributed by atoms with van der Waals surface area (Å²) >= 11 is 12.1. The number of hydrogen-bond donors (Lipinski definition) is 0. The Kier molecular flexibility index (Phi) is 8.26. The Morgan fingerprint density at radius 1 is 1.00 bits per heavy atom. The molecular weight excluding hydrogens is 451 g/mol. The summed E-state index contributed by atoms with van der Waals surface area (Å²) in [5, 5.41) is 0.976. The fourth-order valence-electron chi connectivity index (χ4n) is 3.91. The highest BCUT2D eigenvalue weighted by molar-refractivity contribution is 6.42. The van der Waals surface area contributed by atoms with Crippen LogP contribution in [0.25, 0.3) is 0 Å². The zero-order valence-electron chi connectivity index (χ0n) is 18.6. The SMILES string of the molecule is CCN(Cc1ccc(Cl)c(Cl)c1)C(=O)C1CCN(C(=O)c2cc(OC)cc(OC)c2)CC1. The third kappa shape index (κ3) is 5.67. The first-order chi connectivity index (χ1) is 15.4. The average Bonchev–Trinajstić information content (AvgIpc) is 2.83. The van der Waals surface area contributed by atoms with Crippen LogP contribution < -0.4 is 9.47 Å². The number of carbonyl (C=O) groups is 2. The van der Waals surface area contributed by atoms with Gasteiger partial charge in [-0.25, -0.2) is 0 Å². The first-order valence-electron chi connectivity index (χ1n) is 10.6. The Morgan fingerprint density at radius 2 is 1.62 bits per heavy atom. The van der Waals surface area contributed by atoms with E-state index in [-0.39, 0.29) is 17.7 Å². The average molecular weight is 479 g/mol. The third-order valence-electron chi connectivity index (χ3n) is 5.78.